The van der Waals surface area contributed by atoms with Gasteiger partial charge in [-0.05, 0) is 50.9 Å². The zero-order valence-electron chi connectivity index (χ0n) is 17.8. The number of hydrogen-bond acceptors (Lipinski definition) is 6. The average molecular weight is 411 g/mol. The van der Waals surface area contributed by atoms with Crippen LogP contribution in [0.2, 0.25) is 0 Å². The first-order valence-corrected chi connectivity index (χ1v) is 11.0. The van der Waals surface area contributed by atoms with Gasteiger partial charge in [-0.3, -0.25) is 0 Å². The molecule has 1 aromatic carbocycles. The second-order valence-corrected chi connectivity index (χ2v) is 8.92. The van der Waals surface area contributed by atoms with Crippen LogP contribution in [-0.2, 0) is 21.3 Å². The van der Waals surface area contributed by atoms with Crippen LogP contribution in [0.15, 0.2) is 24.3 Å². The molecule has 1 saturated heterocycles. The maximum absolute atomic E-state index is 8.76. The molecule has 0 radical (unpaired) electrons. The van der Waals surface area contributed by atoms with Gasteiger partial charge in [0.1, 0.15) is 12.2 Å². The molecule has 2 unspecified atom stereocenters. The largest absolute Gasteiger partial charge is 0.482 e. The normalized spacial score (nSPS) is 33.0. The number of piperidine rings is 1. The van der Waals surface area contributed by atoms with Crippen LogP contribution in [0, 0.1) is 17.2 Å². The molecule has 0 saturated carbocycles. The van der Waals surface area contributed by atoms with Gasteiger partial charge in [0, 0.05) is 43.1 Å². The Morgan fingerprint density at radius 2 is 2.20 bits per heavy atom. The molecule has 0 amide bonds. The Morgan fingerprint density at radius 1 is 1.30 bits per heavy atom. The van der Waals surface area contributed by atoms with E-state index in [1.54, 1.807) is 7.11 Å². The number of benzene rings is 1. The summed E-state index contributed by atoms with van der Waals surface area (Å²) in [6.45, 7) is 1.92. The van der Waals surface area contributed by atoms with E-state index in [9.17, 15) is 0 Å². The van der Waals surface area contributed by atoms with Gasteiger partial charge in [0.2, 0.25) is 0 Å². The van der Waals surface area contributed by atoms with Crippen LogP contribution in [-0.4, -0.2) is 57.3 Å². The van der Waals surface area contributed by atoms with Crippen LogP contribution in [0.5, 0.6) is 11.5 Å². The van der Waals surface area contributed by atoms with Crippen molar-refractivity contribution in [2.75, 3.05) is 34.1 Å². The van der Waals surface area contributed by atoms with Crippen molar-refractivity contribution in [3.8, 4) is 17.6 Å². The zero-order valence-corrected chi connectivity index (χ0v) is 17.8. The van der Waals surface area contributed by atoms with E-state index in [0.29, 0.717) is 25.0 Å². The van der Waals surface area contributed by atoms with Gasteiger partial charge >= 0.3 is 0 Å². The molecule has 2 bridgehead atoms. The first kappa shape index (κ1) is 19.9. The van der Waals surface area contributed by atoms with Crippen LogP contribution in [0.3, 0.4) is 0 Å². The maximum atomic E-state index is 8.76. The van der Waals surface area contributed by atoms with E-state index in [2.05, 4.69) is 36.2 Å². The van der Waals surface area contributed by atoms with Crippen molar-refractivity contribution in [3.63, 3.8) is 0 Å². The van der Waals surface area contributed by atoms with Crippen molar-refractivity contribution in [1.29, 1.82) is 5.26 Å². The SMILES string of the molecule is COCOc1ccc2c3c1OC1C(OCCCCC#N)C=C[C@H]4[C@@H](C2)N(C)CC[C@]314. The molecule has 4 aliphatic rings. The molecule has 160 valence electrons. The number of likely N-dealkylation sites (tertiary alicyclic amines) is 1. The summed E-state index contributed by atoms with van der Waals surface area (Å²) in [7, 11) is 3.88. The Balaban J connectivity index is 1.50. The fraction of sp³-hybridized carbons (Fsp3) is 0.625. The number of rotatable bonds is 8. The number of methoxy groups -OCH3 is 1. The van der Waals surface area contributed by atoms with Crippen LogP contribution >= 0.6 is 0 Å². The molecule has 2 heterocycles. The second-order valence-electron chi connectivity index (χ2n) is 8.92. The van der Waals surface area contributed by atoms with Gasteiger partial charge in [-0.15, -0.1) is 0 Å². The molecule has 1 aromatic rings. The molecule has 5 rings (SSSR count). The molecule has 2 aliphatic carbocycles. The highest BCUT2D eigenvalue weighted by molar-refractivity contribution is 5.62. The lowest BCUT2D eigenvalue weighted by molar-refractivity contribution is -0.0714. The lowest BCUT2D eigenvalue weighted by Crippen LogP contribution is -2.65. The third-order valence-electron chi connectivity index (χ3n) is 7.44. The molecule has 6 nitrogen and oxygen atoms in total. The number of ether oxygens (including phenoxy) is 4. The minimum atomic E-state index is -0.0824. The van der Waals surface area contributed by atoms with Crippen molar-refractivity contribution < 1.29 is 18.9 Å². The Hall–Kier alpha value is -2.07. The van der Waals surface area contributed by atoms with E-state index in [0.717, 1.165) is 43.7 Å². The lowest BCUT2D eigenvalue weighted by atomic mass is 9.53. The fourth-order valence-corrected chi connectivity index (χ4v) is 6.11. The van der Waals surface area contributed by atoms with Crippen LogP contribution in [0.4, 0.5) is 0 Å². The van der Waals surface area contributed by atoms with Crippen molar-refractivity contribution in [2.45, 2.75) is 55.8 Å². The molecule has 2 aliphatic heterocycles. The number of unbranched alkanes of at least 4 members (excludes halogenated alkanes) is 2. The molecule has 0 aromatic heterocycles. The summed E-state index contributed by atoms with van der Waals surface area (Å²) in [5, 5.41) is 8.76. The van der Waals surface area contributed by atoms with Gasteiger partial charge < -0.3 is 23.8 Å². The summed E-state index contributed by atoms with van der Waals surface area (Å²) < 4.78 is 24.1. The van der Waals surface area contributed by atoms with Crippen LogP contribution < -0.4 is 9.47 Å². The van der Waals surface area contributed by atoms with Gasteiger partial charge in [-0.1, -0.05) is 18.2 Å². The minimum absolute atomic E-state index is 0.0407. The molecule has 1 spiro atoms. The number of nitrogens with zero attached hydrogens (tertiary/aromatic N) is 2. The summed E-state index contributed by atoms with van der Waals surface area (Å²) in [5.41, 5.74) is 2.67. The average Bonchev–Trinajstić information content (AvgIpc) is 3.11. The molecule has 5 atom stereocenters. The molecule has 6 heteroatoms. The van der Waals surface area contributed by atoms with E-state index in [-0.39, 0.29) is 24.4 Å². The fourth-order valence-electron chi connectivity index (χ4n) is 6.11. The van der Waals surface area contributed by atoms with E-state index in [1.807, 2.05) is 6.07 Å². The molecule has 30 heavy (non-hydrogen) atoms. The molecular formula is C24H30N2O4. The number of likely N-dealkylation sites (N-methyl/N-ethyl adjacent to an activating group) is 1. The minimum Gasteiger partial charge on any atom is -0.482 e. The number of nitriles is 1. The lowest BCUT2D eigenvalue weighted by Gasteiger charge is -2.56. The highest BCUT2D eigenvalue weighted by atomic mass is 16.7. The van der Waals surface area contributed by atoms with Crippen LogP contribution in [0.25, 0.3) is 0 Å². The Morgan fingerprint density at radius 3 is 3.03 bits per heavy atom. The Labute approximate surface area is 178 Å². The zero-order chi connectivity index (χ0) is 20.7. The van der Waals surface area contributed by atoms with E-state index in [4.69, 9.17) is 24.2 Å². The highest BCUT2D eigenvalue weighted by Gasteiger charge is 2.64. The maximum Gasteiger partial charge on any atom is 0.188 e. The summed E-state index contributed by atoms with van der Waals surface area (Å²) in [5.74, 6) is 2.08. The topological polar surface area (TPSA) is 64.0 Å². The van der Waals surface area contributed by atoms with Gasteiger partial charge in [0.05, 0.1) is 6.07 Å². The van der Waals surface area contributed by atoms with Crippen molar-refractivity contribution in [2.24, 2.45) is 5.92 Å². The standard InChI is InChI=1S/C24H30N2O4/c1-26-12-10-24-17-7-9-20(28-13-5-3-4-11-25)23(24)30-22-19(29-15-27-2)8-6-16(21(22)24)14-18(17)26/h6-9,17-18,20,23H,3-5,10,12-15H2,1-2H3/t17-,18+,20?,23?,24-/m0/s1. The Kier molecular flexibility index (Phi) is 5.22. The van der Waals surface area contributed by atoms with E-state index >= 15 is 0 Å². The van der Waals surface area contributed by atoms with Crippen molar-refractivity contribution in [1.82, 2.24) is 4.90 Å². The summed E-state index contributed by atoms with van der Waals surface area (Å²) >= 11 is 0. The van der Waals surface area contributed by atoms with E-state index < -0.39 is 0 Å². The second kappa shape index (κ2) is 7.88. The third-order valence-corrected chi connectivity index (χ3v) is 7.44. The predicted molar refractivity (Wildman–Crippen MR) is 112 cm³/mol. The summed E-state index contributed by atoms with van der Waals surface area (Å²) in [4.78, 5) is 2.51. The first-order valence-electron chi connectivity index (χ1n) is 11.0. The molecular weight excluding hydrogens is 380 g/mol. The first-order chi connectivity index (χ1) is 14.7. The van der Waals surface area contributed by atoms with Crippen molar-refractivity contribution >= 4 is 0 Å². The van der Waals surface area contributed by atoms with Crippen molar-refractivity contribution in [3.05, 3.63) is 35.4 Å². The van der Waals surface area contributed by atoms with Gasteiger partial charge in [-0.25, -0.2) is 0 Å². The van der Waals surface area contributed by atoms with Gasteiger partial charge in [0.15, 0.2) is 18.3 Å². The smallest absolute Gasteiger partial charge is 0.188 e. The van der Waals surface area contributed by atoms with Crippen LogP contribution in [0.1, 0.15) is 36.8 Å². The molecule has 0 N–H and O–H groups in total. The molecule has 1 fully saturated rings. The highest BCUT2D eigenvalue weighted by Crippen LogP contribution is 2.62. The third kappa shape index (κ3) is 2.87. The van der Waals surface area contributed by atoms with Gasteiger partial charge in [0.25, 0.3) is 0 Å². The summed E-state index contributed by atoms with van der Waals surface area (Å²) in [6, 6.07) is 6.94. The summed E-state index contributed by atoms with van der Waals surface area (Å²) in [6.07, 6.45) is 8.93. The monoisotopic (exact) mass is 410 g/mol. The van der Waals surface area contributed by atoms with Gasteiger partial charge in [-0.2, -0.15) is 5.26 Å². The van der Waals surface area contributed by atoms with E-state index in [1.165, 1.54) is 11.1 Å². The predicted octanol–water partition coefficient (Wildman–Crippen LogP) is 3.19. The Bertz CT molecular complexity index is 879. The number of hydrogen-bond donors (Lipinski definition) is 0. The quantitative estimate of drug-likeness (QED) is 0.373.